The van der Waals surface area contributed by atoms with Crippen molar-refractivity contribution in [3.05, 3.63) is 65.5 Å². The molecule has 0 bridgehead atoms. The number of hydrogen-bond acceptors (Lipinski definition) is 5. The minimum atomic E-state index is -4.51. The van der Waals surface area contributed by atoms with Crippen LogP contribution in [0.5, 0.6) is 0 Å². The molecule has 32 heavy (non-hydrogen) atoms. The average Bonchev–Trinajstić information content (AvgIpc) is 3.12. The predicted octanol–water partition coefficient (Wildman–Crippen LogP) is 4.04. The molecule has 6 nitrogen and oxygen atoms in total. The Balaban J connectivity index is 1.45. The molecular formula is C22H22F4N6. The first kappa shape index (κ1) is 20.7. The molecule has 168 valence electrons. The van der Waals surface area contributed by atoms with Gasteiger partial charge in [-0.25, -0.2) is 4.39 Å². The summed E-state index contributed by atoms with van der Waals surface area (Å²) in [5.74, 6) is -0.905. The number of rotatable bonds is 2. The highest BCUT2D eigenvalue weighted by Gasteiger charge is 2.39. The van der Waals surface area contributed by atoms with E-state index in [4.69, 9.17) is 0 Å². The summed E-state index contributed by atoms with van der Waals surface area (Å²) in [6.45, 7) is 3.22. The highest BCUT2D eigenvalue weighted by Crippen LogP contribution is 2.35. The first-order valence-corrected chi connectivity index (χ1v) is 10.4. The molecule has 0 N–H and O–H groups in total. The van der Waals surface area contributed by atoms with E-state index in [1.165, 1.54) is 12.1 Å². The summed E-state index contributed by atoms with van der Waals surface area (Å²) in [5.41, 5.74) is 4.00. The molecule has 3 heterocycles. The Kier molecular flexibility index (Phi) is 5.04. The molecule has 0 amide bonds. The number of likely N-dealkylation sites (N-methyl/N-ethyl adjacent to an activating group) is 1. The SMILES string of the molecule is CN1CCN(c2ccc(F)cc2)c2ccc(N3CCn4c(nnc4C(F)(F)F)C3)cc2C1. The van der Waals surface area contributed by atoms with Crippen LogP contribution in [-0.4, -0.2) is 46.3 Å². The first-order chi connectivity index (χ1) is 15.3. The summed E-state index contributed by atoms with van der Waals surface area (Å²) in [6, 6.07) is 12.6. The van der Waals surface area contributed by atoms with E-state index in [9.17, 15) is 17.6 Å². The quantitative estimate of drug-likeness (QED) is 0.556. The third kappa shape index (κ3) is 3.79. The fourth-order valence-corrected chi connectivity index (χ4v) is 4.40. The van der Waals surface area contributed by atoms with E-state index < -0.39 is 12.0 Å². The van der Waals surface area contributed by atoms with Gasteiger partial charge in [-0.15, -0.1) is 10.2 Å². The van der Waals surface area contributed by atoms with Gasteiger partial charge in [0.05, 0.1) is 6.54 Å². The van der Waals surface area contributed by atoms with Gasteiger partial charge < -0.3 is 19.3 Å². The van der Waals surface area contributed by atoms with Gasteiger partial charge >= 0.3 is 6.18 Å². The Morgan fingerprint density at radius 2 is 1.59 bits per heavy atom. The zero-order chi connectivity index (χ0) is 22.5. The minimum Gasteiger partial charge on any atom is -0.362 e. The van der Waals surface area contributed by atoms with Crippen molar-refractivity contribution in [1.82, 2.24) is 19.7 Å². The van der Waals surface area contributed by atoms with E-state index in [2.05, 4.69) is 26.1 Å². The molecule has 0 saturated heterocycles. The van der Waals surface area contributed by atoms with Crippen LogP contribution in [0.1, 0.15) is 17.2 Å². The molecule has 5 rings (SSSR count). The summed E-state index contributed by atoms with van der Waals surface area (Å²) >= 11 is 0. The maximum atomic E-state index is 13.4. The Morgan fingerprint density at radius 1 is 0.844 bits per heavy atom. The maximum Gasteiger partial charge on any atom is 0.451 e. The minimum absolute atomic E-state index is 0.176. The van der Waals surface area contributed by atoms with Crippen molar-refractivity contribution in [1.29, 1.82) is 0 Å². The summed E-state index contributed by atoms with van der Waals surface area (Å²) in [5, 5.41) is 7.14. The van der Waals surface area contributed by atoms with E-state index in [1.807, 2.05) is 24.1 Å². The molecule has 3 aromatic rings. The van der Waals surface area contributed by atoms with Crippen LogP contribution in [0.15, 0.2) is 42.5 Å². The van der Waals surface area contributed by atoms with Gasteiger partial charge in [-0.05, 0) is 55.1 Å². The number of halogens is 4. The third-order valence-electron chi connectivity index (χ3n) is 6.01. The van der Waals surface area contributed by atoms with Crippen LogP contribution >= 0.6 is 0 Å². The molecule has 2 aromatic carbocycles. The Labute approximate surface area is 182 Å². The van der Waals surface area contributed by atoms with Crippen molar-refractivity contribution in [2.75, 3.05) is 36.5 Å². The molecule has 2 aliphatic rings. The highest BCUT2D eigenvalue weighted by atomic mass is 19.4. The van der Waals surface area contributed by atoms with Gasteiger partial charge in [0.25, 0.3) is 0 Å². The topological polar surface area (TPSA) is 40.4 Å². The summed E-state index contributed by atoms with van der Waals surface area (Å²) in [7, 11) is 2.05. The molecule has 1 aromatic heterocycles. The zero-order valence-electron chi connectivity index (χ0n) is 17.5. The second kappa shape index (κ2) is 7.77. The van der Waals surface area contributed by atoms with Crippen LogP contribution in [-0.2, 0) is 25.8 Å². The van der Waals surface area contributed by atoms with Crippen molar-refractivity contribution in [2.45, 2.75) is 25.8 Å². The van der Waals surface area contributed by atoms with E-state index in [-0.39, 0.29) is 18.9 Å². The van der Waals surface area contributed by atoms with Gasteiger partial charge in [0.15, 0.2) is 5.82 Å². The maximum absolute atomic E-state index is 13.4. The largest absolute Gasteiger partial charge is 0.451 e. The van der Waals surface area contributed by atoms with Gasteiger partial charge in [0.2, 0.25) is 5.82 Å². The van der Waals surface area contributed by atoms with Gasteiger partial charge in [-0.2, -0.15) is 13.2 Å². The van der Waals surface area contributed by atoms with Gasteiger partial charge in [-0.3, -0.25) is 0 Å². The summed E-state index contributed by atoms with van der Waals surface area (Å²) in [4.78, 5) is 6.41. The molecule has 0 aliphatic carbocycles. The number of fused-ring (bicyclic) bond motifs is 2. The molecule has 0 spiro atoms. The van der Waals surface area contributed by atoms with Crippen molar-refractivity contribution in [3.63, 3.8) is 0 Å². The lowest BCUT2D eigenvalue weighted by atomic mass is 10.1. The number of anilines is 3. The monoisotopic (exact) mass is 446 g/mol. The second-order valence-electron chi connectivity index (χ2n) is 8.19. The van der Waals surface area contributed by atoms with Gasteiger partial charge in [-0.1, -0.05) is 0 Å². The fourth-order valence-electron chi connectivity index (χ4n) is 4.40. The number of aromatic nitrogens is 3. The second-order valence-corrected chi connectivity index (χ2v) is 8.19. The van der Waals surface area contributed by atoms with Crippen molar-refractivity contribution < 1.29 is 17.6 Å². The van der Waals surface area contributed by atoms with E-state index in [1.54, 1.807) is 12.1 Å². The number of nitrogens with zero attached hydrogens (tertiary/aromatic N) is 6. The molecule has 0 unspecified atom stereocenters. The summed E-state index contributed by atoms with van der Waals surface area (Å²) < 4.78 is 53.9. The number of hydrogen-bond donors (Lipinski definition) is 0. The standard InChI is InChI=1S/C22H22F4N6/c1-29-8-10-31(17-4-2-16(23)3-5-17)19-7-6-18(12-15(19)13-29)30-9-11-32-20(14-30)27-28-21(32)22(24,25)26/h2-7,12H,8-11,13-14H2,1H3. The molecule has 0 fully saturated rings. The van der Waals surface area contributed by atoms with Crippen molar-refractivity contribution >= 4 is 17.1 Å². The zero-order valence-corrected chi connectivity index (χ0v) is 17.5. The lowest BCUT2D eigenvalue weighted by Gasteiger charge is -2.31. The lowest BCUT2D eigenvalue weighted by Crippen LogP contribution is -2.35. The molecular weight excluding hydrogens is 424 g/mol. The predicted molar refractivity (Wildman–Crippen MR) is 112 cm³/mol. The van der Waals surface area contributed by atoms with Gasteiger partial charge in [0, 0.05) is 49.8 Å². The number of alkyl halides is 3. The van der Waals surface area contributed by atoms with E-state index in [0.717, 1.165) is 46.8 Å². The highest BCUT2D eigenvalue weighted by molar-refractivity contribution is 5.70. The Morgan fingerprint density at radius 3 is 2.34 bits per heavy atom. The van der Waals surface area contributed by atoms with Crippen LogP contribution in [0.4, 0.5) is 34.6 Å². The average molecular weight is 446 g/mol. The van der Waals surface area contributed by atoms with E-state index >= 15 is 0 Å². The molecule has 2 aliphatic heterocycles. The van der Waals surface area contributed by atoms with Crippen LogP contribution in [0, 0.1) is 5.82 Å². The molecule has 0 atom stereocenters. The van der Waals surface area contributed by atoms with Crippen LogP contribution in [0.3, 0.4) is 0 Å². The van der Waals surface area contributed by atoms with Crippen LogP contribution in [0.25, 0.3) is 0 Å². The molecule has 0 saturated carbocycles. The van der Waals surface area contributed by atoms with Crippen molar-refractivity contribution in [3.8, 4) is 0 Å². The lowest BCUT2D eigenvalue weighted by molar-refractivity contribution is -0.147. The molecule has 10 heteroatoms. The Bertz CT molecular complexity index is 1120. The third-order valence-corrected chi connectivity index (χ3v) is 6.01. The van der Waals surface area contributed by atoms with Crippen LogP contribution < -0.4 is 9.80 Å². The number of benzene rings is 2. The van der Waals surface area contributed by atoms with E-state index in [0.29, 0.717) is 12.4 Å². The normalized spacial score (nSPS) is 17.2. The van der Waals surface area contributed by atoms with Crippen LogP contribution in [0.2, 0.25) is 0 Å². The summed E-state index contributed by atoms with van der Waals surface area (Å²) in [6.07, 6.45) is -4.51. The molecule has 0 radical (unpaired) electrons. The van der Waals surface area contributed by atoms with Gasteiger partial charge in [0.1, 0.15) is 5.82 Å². The fraction of sp³-hybridized carbons (Fsp3) is 0.364. The first-order valence-electron chi connectivity index (χ1n) is 10.4. The Hall–Kier alpha value is -3.14. The van der Waals surface area contributed by atoms with Crippen molar-refractivity contribution in [2.24, 2.45) is 0 Å². The smallest absolute Gasteiger partial charge is 0.362 e.